The molecule has 0 saturated carbocycles. The van der Waals surface area contributed by atoms with E-state index in [0.29, 0.717) is 11.8 Å². The van der Waals surface area contributed by atoms with Crippen molar-refractivity contribution in [1.82, 2.24) is 0 Å². The quantitative estimate of drug-likeness (QED) is 0.797. The molecule has 1 N–H and O–H groups in total. The topological polar surface area (TPSA) is 40.5 Å². The standard InChI is InChI=1S/C21H23NO2/c1-11-9-12(2)18-15-7-4-8-16(15)19(21(23)24)22-10-13-5-3-6-14(13)17(11)20(18)22/h3-4,6-7,9,13-16,19H,5,8,10H2,1-2H3,(H,23,24)/t13-,14-,15+,16-,19+/m1/s1. The molecule has 4 aliphatic rings. The van der Waals surface area contributed by atoms with Crippen LogP contribution in [0.4, 0.5) is 5.69 Å². The van der Waals surface area contributed by atoms with E-state index in [0.717, 1.165) is 19.4 Å². The van der Waals surface area contributed by atoms with E-state index in [1.165, 1.54) is 27.9 Å². The molecule has 2 aliphatic heterocycles. The van der Waals surface area contributed by atoms with Crippen LogP contribution in [0.3, 0.4) is 0 Å². The Morgan fingerprint density at radius 3 is 2.50 bits per heavy atom. The molecule has 0 spiro atoms. The van der Waals surface area contributed by atoms with E-state index in [9.17, 15) is 9.90 Å². The molecule has 5 rings (SSSR count). The van der Waals surface area contributed by atoms with Gasteiger partial charge in [-0.2, -0.15) is 0 Å². The number of allylic oxidation sites excluding steroid dienone is 4. The Balaban J connectivity index is 1.82. The first-order valence-corrected chi connectivity index (χ1v) is 9.04. The summed E-state index contributed by atoms with van der Waals surface area (Å²) in [4.78, 5) is 14.4. The van der Waals surface area contributed by atoms with Gasteiger partial charge in [0.2, 0.25) is 0 Å². The zero-order valence-corrected chi connectivity index (χ0v) is 14.2. The molecule has 0 saturated heterocycles. The number of aryl methyl sites for hydroxylation is 2. The summed E-state index contributed by atoms with van der Waals surface area (Å²) in [5, 5.41) is 10.0. The van der Waals surface area contributed by atoms with Crippen molar-refractivity contribution in [1.29, 1.82) is 0 Å². The highest BCUT2D eigenvalue weighted by Gasteiger charge is 2.50. The largest absolute Gasteiger partial charge is 0.480 e. The minimum atomic E-state index is -0.658. The summed E-state index contributed by atoms with van der Waals surface area (Å²) < 4.78 is 0. The number of nitrogens with zero attached hydrogens (tertiary/aromatic N) is 1. The van der Waals surface area contributed by atoms with Crippen molar-refractivity contribution in [2.45, 2.75) is 44.6 Å². The second-order valence-electron chi connectivity index (χ2n) is 7.92. The maximum atomic E-state index is 12.2. The lowest BCUT2D eigenvalue weighted by Crippen LogP contribution is -2.54. The fourth-order valence-corrected chi connectivity index (χ4v) is 5.82. The first-order chi connectivity index (χ1) is 11.6. The molecule has 2 heterocycles. The van der Waals surface area contributed by atoms with Gasteiger partial charge in [0.1, 0.15) is 6.04 Å². The van der Waals surface area contributed by atoms with Crippen molar-refractivity contribution in [3.63, 3.8) is 0 Å². The van der Waals surface area contributed by atoms with Gasteiger partial charge in [0.05, 0.1) is 0 Å². The van der Waals surface area contributed by atoms with Gasteiger partial charge in [-0.3, -0.25) is 0 Å². The van der Waals surface area contributed by atoms with Crippen molar-refractivity contribution >= 4 is 11.7 Å². The first kappa shape index (κ1) is 14.3. The molecule has 24 heavy (non-hydrogen) atoms. The predicted octanol–water partition coefficient (Wildman–Crippen LogP) is 3.91. The molecule has 3 nitrogen and oxygen atoms in total. The van der Waals surface area contributed by atoms with Gasteiger partial charge in [0.15, 0.2) is 0 Å². The van der Waals surface area contributed by atoms with Crippen LogP contribution in [0.15, 0.2) is 30.4 Å². The SMILES string of the molecule is Cc1cc(C)c2c3c1[C@H]1C=CC[C@H]1[C@@H](C(=O)O)N3C[C@H]1CC=C[C@@H]21. The molecule has 124 valence electrons. The van der Waals surface area contributed by atoms with Crippen LogP contribution in [0.2, 0.25) is 0 Å². The minimum absolute atomic E-state index is 0.176. The lowest BCUT2D eigenvalue weighted by Gasteiger charge is -2.50. The van der Waals surface area contributed by atoms with Crippen LogP contribution in [0.1, 0.15) is 46.9 Å². The third-order valence-corrected chi connectivity index (χ3v) is 6.68. The fraction of sp³-hybridized carbons (Fsp3) is 0.476. The van der Waals surface area contributed by atoms with Crippen LogP contribution in [-0.2, 0) is 4.79 Å². The van der Waals surface area contributed by atoms with Gasteiger partial charge < -0.3 is 10.0 Å². The molecule has 1 aromatic rings. The monoisotopic (exact) mass is 321 g/mol. The van der Waals surface area contributed by atoms with E-state index in [-0.39, 0.29) is 17.9 Å². The molecular formula is C21H23NO2. The summed E-state index contributed by atoms with van der Waals surface area (Å²) in [5.41, 5.74) is 6.68. The molecule has 1 aromatic carbocycles. The summed E-state index contributed by atoms with van der Waals surface area (Å²) >= 11 is 0. The second kappa shape index (κ2) is 4.75. The van der Waals surface area contributed by atoms with E-state index in [4.69, 9.17) is 0 Å². The maximum absolute atomic E-state index is 12.2. The molecule has 0 radical (unpaired) electrons. The van der Waals surface area contributed by atoms with Crippen LogP contribution in [0, 0.1) is 25.7 Å². The predicted molar refractivity (Wildman–Crippen MR) is 94.7 cm³/mol. The number of anilines is 1. The lowest BCUT2D eigenvalue weighted by atomic mass is 9.70. The van der Waals surface area contributed by atoms with Crippen molar-refractivity contribution < 1.29 is 9.90 Å². The van der Waals surface area contributed by atoms with Crippen LogP contribution in [0.5, 0.6) is 0 Å². The molecular weight excluding hydrogens is 298 g/mol. The minimum Gasteiger partial charge on any atom is -0.480 e. The fourth-order valence-electron chi connectivity index (χ4n) is 5.82. The molecule has 0 bridgehead atoms. The van der Waals surface area contributed by atoms with E-state index < -0.39 is 5.97 Å². The number of carboxylic acid groups (broad SMARTS) is 1. The number of fused-ring (bicyclic) bond motifs is 4. The van der Waals surface area contributed by atoms with Gasteiger partial charge in [-0.25, -0.2) is 4.79 Å². The van der Waals surface area contributed by atoms with E-state index in [2.05, 4.69) is 49.1 Å². The molecule has 3 heteroatoms. The van der Waals surface area contributed by atoms with E-state index >= 15 is 0 Å². The first-order valence-electron chi connectivity index (χ1n) is 9.04. The molecule has 5 atom stereocenters. The highest BCUT2D eigenvalue weighted by molar-refractivity contribution is 5.84. The molecule has 0 aromatic heterocycles. The Morgan fingerprint density at radius 2 is 1.75 bits per heavy atom. The molecule has 0 fully saturated rings. The average molecular weight is 321 g/mol. The van der Waals surface area contributed by atoms with Crippen molar-refractivity contribution in [2.24, 2.45) is 11.8 Å². The number of hydrogen-bond donors (Lipinski definition) is 1. The van der Waals surface area contributed by atoms with Gasteiger partial charge in [0, 0.05) is 30.0 Å². The van der Waals surface area contributed by atoms with Crippen molar-refractivity contribution in [2.75, 3.05) is 11.4 Å². The van der Waals surface area contributed by atoms with Crippen LogP contribution in [-0.4, -0.2) is 23.7 Å². The number of carboxylic acids is 1. The Bertz CT molecular complexity index is 786. The number of carbonyl (C=O) groups is 1. The Hall–Kier alpha value is -2.03. The number of hydrogen-bond acceptors (Lipinski definition) is 2. The van der Waals surface area contributed by atoms with Gasteiger partial charge in [-0.05, 0) is 54.9 Å². The normalized spacial score (nSPS) is 34.9. The van der Waals surface area contributed by atoms with E-state index in [1.54, 1.807) is 0 Å². The van der Waals surface area contributed by atoms with Crippen molar-refractivity contribution in [3.8, 4) is 0 Å². The summed E-state index contributed by atoms with van der Waals surface area (Å²) in [5.74, 6) is 0.772. The maximum Gasteiger partial charge on any atom is 0.326 e. The third-order valence-electron chi connectivity index (χ3n) is 6.68. The smallest absolute Gasteiger partial charge is 0.326 e. The van der Waals surface area contributed by atoms with Crippen LogP contribution < -0.4 is 4.90 Å². The van der Waals surface area contributed by atoms with Gasteiger partial charge in [0.25, 0.3) is 0 Å². The van der Waals surface area contributed by atoms with Crippen LogP contribution >= 0.6 is 0 Å². The summed E-state index contributed by atoms with van der Waals surface area (Å²) in [6.45, 7) is 5.27. The third kappa shape index (κ3) is 1.65. The number of benzene rings is 1. The Morgan fingerprint density at radius 1 is 1.08 bits per heavy atom. The van der Waals surface area contributed by atoms with Gasteiger partial charge in [-0.1, -0.05) is 30.4 Å². The number of aliphatic carboxylic acids is 1. The van der Waals surface area contributed by atoms with Gasteiger partial charge >= 0.3 is 5.97 Å². The number of rotatable bonds is 1. The van der Waals surface area contributed by atoms with Crippen LogP contribution in [0.25, 0.3) is 0 Å². The summed E-state index contributed by atoms with van der Waals surface area (Å²) in [7, 11) is 0. The Labute approximate surface area is 142 Å². The zero-order chi connectivity index (χ0) is 16.6. The Kier molecular flexibility index (Phi) is 2.83. The lowest BCUT2D eigenvalue weighted by molar-refractivity contribution is -0.140. The highest BCUT2D eigenvalue weighted by Crippen LogP contribution is 2.56. The summed E-state index contributed by atoms with van der Waals surface area (Å²) in [6.07, 6.45) is 11.0. The second-order valence-corrected chi connectivity index (χ2v) is 7.92. The molecule has 0 amide bonds. The van der Waals surface area contributed by atoms with Crippen molar-refractivity contribution in [3.05, 3.63) is 52.6 Å². The molecule has 2 aliphatic carbocycles. The highest BCUT2D eigenvalue weighted by atomic mass is 16.4. The van der Waals surface area contributed by atoms with E-state index in [1.807, 2.05) is 0 Å². The average Bonchev–Trinajstić information content (AvgIpc) is 3.17. The zero-order valence-electron chi connectivity index (χ0n) is 14.2. The molecule has 0 unspecified atom stereocenters. The summed E-state index contributed by atoms with van der Waals surface area (Å²) in [6, 6.07) is 1.93. The van der Waals surface area contributed by atoms with Gasteiger partial charge in [-0.15, -0.1) is 0 Å².